The van der Waals surface area contributed by atoms with Gasteiger partial charge in [0.05, 0.1) is 0 Å². The molecule has 464 valence electrons. The third-order valence-corrected chi connectivity index (χ3v) is 16.1. The van der Waals surface area contributed by atoms with Crippen molar-refractivity contribution in [3.63, 3.8) is 0 Å². The zero-order chi connectivity index (χ0) is 57.1. The van der Waals surface area contributed by atoms with E-state index in [4.69, 9.17) is 14.2 Å². The first-order chi connectivity index (χ1) is 39.0. The molecule has 0 aliphatic carbocycles. The first-order valence-corrected chi connectivity index (χ1v) is 35.5. The second-order valence-corrected chi connectivity index (χ2v) is 24.1. The molecule has 0 radical (unpaired) electrons. The second-order valence-electron chi connectivity index (χ2n) is 24.1. The molecular weight excluding hydrogens is 973 g/mol. The van der Waals surface area contributed by atoms with Crippen LogP contribution in [0.5, 0.6) is 0 Å². The normalized spacial score (nSPS) is 12.2. The molecular formula is C73H136O6. The Kier molecular flexibility index (Phi) is 66.1. The summed E-state index contributed by atoms with van der Waals surface area (Å²) in [5.74, 6) is -0.853. The van der Waals surface area contributed by atoms with Crippen LogP contribution in [-0.2, 0) is 28.6 Å². The van der Waals surface area contributed by atoms with Gasteiger partial charge in [0.25, 0.3) is 0 Å². The Morgan fingerprint density at radius 3 is 0.734 bits per heavy atom. The number of carbonyl (C=O) groups is 3. The summed E-state index contributed by atoms with van der Waals surface area (Å²) in [6.45, 7) is 6.66. The van der Waals surface area contributed by atoms with E-state index in [2.05, 4.69) is 57.2 Å². The number of hydrogen-bond donors (Lipinski definition) is 0. The van der Waals surface area contributed by atoms with Crippen molar-refractivity contribution in [3.8, 4) is 0 Å². The van der Waals surface area contributed by atoms with E-state index in [1.807, 2.05) is 0 Å². The van der Waals surface area contributed by atoms with Crippen molar-refractivity contribution in [2.24, 2.45) is 0 Å². The van der Waals surface area contributed by atoms with Crippen molar-refractivity contribution >= 4 is 17.9 Å². The Morgan fingerprint density at radius 1 is 0.253 bits per heavy atom. The summed E-state index contributed by atoms with van der Waals surface area (Å²) in [6, 6.07) is 0. The minimum Gasteiger partial charge on any atom is -0.462 e. The van der Waals surface area contributed by atoms with Gasteiger partial charge in [-0.25, -0.2) is 0 Å². The number of hydrogen-bond acceptors (Lipinski definition) is 6. The average Bonchev–Trinajstić information content (AvgIpc) is 3.45. The van der Waals surface area contributed by atoms with Crippen LogP contribution in [0.1, 0.15) is 393 Å². The van der Waals surface area contributed by atoms with E-state index >= 15 is 0 Å². The van der Waals surface area contributed by atoms with E-state index in [1.165, 1.54) is 283 Å². The van der Waals surface area contributed by atoms with Crippen LogP contribution in [0.4, 0.5) is 0 Å². The molecule has 6 heteroatoms. The van der Waals surface area contributed by atoms with E-state index in [0.29, 0.717) is 19.3 Å². The van der Waals surface area contributed by atoms with Crippen molar-refractivity contribution in [1.29, 1.82) is 0 Å². The SMILES string of the molecule is CCCCC/C=C\C/C=C\CCCCCCCCCC(=O)OC(COC(=O)CCCCCCCCCCCCC)COC(=O)CCCCCCCCCCCCCCCCCCCCCCC/C=C\CCCCCCCCCC. The number of allylic oxidation sites excluding steroid dienone is 6. The first kappa shape index (κ1) is 76.6. The molecule has 0 saturated carbocycles. The predicted molar refractivity (Wildman–Crippen MR) is 344 cm³/mol. The molecule has 1 unspecified atom stereocenters. The van der Waals surface area contributed by atoms with Crippen LogP contribution in [0.25, 0.3) is 0 Å². The lowest BCUT2D eigenvalue weighted by molar-refractivity contribution is -0.167. The monoisotopic (exact) mass is 1110 g/mol. The van der Waals surface area contributed by atoms with Crippen molar-refractivity contribution < 1.29 is 28.6 Å². The van der Waals surface area contributed by atoms with Gasteiger partial charge in [-0.1, -0.05) is 333 Å². The maximum Gasteiger partial charge on any atom is 0.306 e. The average molecular weight is 1110 g/mol. The standard InChI is InChI=1S/C73H136O6/c1-4-7-10-13-16-19-22-24-26-28-29-30-31-32-33-34-35-36-37-38-39-40-41-42-43-45-46-48-51-54-57-60-63-66-72(75)78-69-70(68-77-71(74)65-62-59-56-53-50-21-18-15-12-9-6-3)79-73(76)67-64-61-58-55-52-49-47-44-27-25-23-20-17-14-11-8-5-2/h17,20,25,27-29,70H,4-16,18-19,21-24,26,30-69H2,1-3H3/b20-17-,27-25-,29-28-. The fourth-order valence-corrected chi connectivity index (χ4v) is 10.8. The summed E-state index contributed by atoms with van der Waals surface area (Å²) in [5.41, 5.74) is 0. The van der Waals surface area contributed by atoms with Gasteiger partial charge in [0.15, 0.2) is 6.10 Å². The lowest BCUT2D eigenvalue weighted by Crippen LogP contribution is -2.30. The van der Waals surface area contributed by atoms with Crippen LogP contribution in [-0.4, -0.2) is 37.2 Å². The summed E-state index contributed by atoms with van der Waals surface area (Å²) >= 11 is 0. The van der Waals surface area contributed by atoms with Crippen LogP contribution in [0.15, 0.2) is 36.5 Å². The first-order valence-electron chi connectivity index (χ1n) is 35.5. The molecule has 0 aliphatic rings. The number of ether oxygens (including phenoxy) is 3. The van der Waals surface area contributed by atoms with Gasteiger partial charge in [0.2, 0.25) is 0 Å². The summed E-state index contributed by atoms with van der Waals surface area (Å²) in [6.07, 6.45) is 84.8. The molecule has 0 spiro atoms. The van der Waals surface area contributed by atoms with Crippen molar-refractivity contribution in [2.75, 3.05) is 13.2 Å². The number of rotatable bonds is 66. The molecule has 0 N–H and O–H groups in total. The minimum atomic E-state index is -0.773. The second kappa shape index (κ2) is 68.1. The number of carbonyl (C=O) groups excluding carboxylic acids is 3. The predicted octanol–water partition coefficient (Wildman–Crippen LogP) is 24.3. The summed E-state index contributed by atoms with van der Waals surface area (Å²) in [4.78, 5) is 38.3. The van der Waals surface area contributed by atoms with Gasteiger partial charge in [-0.05, 0) is 77.0 Å². The molecule has 1 atom stereocenters. The highest BCUT2D eigenvalue weighted by Gasteiger charge is 2.19. The number of unbranched alkanes of at least 4 members (excludes halogenated alkanes) is 49. The lowest BCUT2D eigenvalue weighted by atomic mass is 10.0. The Balaban J connectivity index is 4.06. The van der Waals surface area contributed by atoms with Crippen LogP contribution in [0.3, 0.4) is 0 Å². The fraction of sp³-hybridized carbons (Fsp3) is 0.877. The van der Waals surface area contributed by atoms with Crippen LogP contribution >= 0.6 is 0 Å². The van der Waals surface area contributed by atoms with Crippen molar-refractivity contribution in [3.05, 3.63) is 36.5 Å². The summed E-state index contributed by atoms with van der Waals surface area (Å²) < 4.78 is 16.9. The summed E-state index contributed by atoms with van der Waals surface area (Å²) in [5, 5.41) is 0. The Labute approximate surface area is 493 Å². The van der Waals surface area contributed by atoms with Crippen LogP contribution in [0, 0.1) is 0 Å². The molecule has 79 heavy (non-hydrogen) atoms. The zero-order valence-electron chi connectivity index (χ0n) is 53.4. The Hall–Kier alpha value is -2.37. The van der Waals surface area contributed by atoms with E-state index in [0.717, 1.165) is 70.6 Å². The van der Waals surface area contributed by atoms with Gasteiger partial charge in [-0.15, -0.1) is 0 Å². The molecule has 0 heterocycles. The Morgan fingerprint density at radius 2 is 0.456 bits per heavy atom. The van der Waals surface area contributed by atoms with E-state index < -0.39 is 6.10 Å². The number of esters is 3. The highest BCUT2D eigenvalue weighted by atomic mass is 16.6. The van der Waals surface area contributed by atoms with Crippen LogP contribution in [0.2, 0.25) is 0 Å². The maximum atomic E-state index is 12.9. The highest BCUT2D eigenvalue weighted by Crippen LogP contribution is 2.18. The van der Waals surface area contributed by atoms with Gasteiger partial charge < -0.3 is 14.2 Å². The molecule has 0 amide bonds. The molecule has 0 aromatic heterocycles. The Bertz CT molecular complexity index is 1320. The van der Waals surface area contributed by atoms with E-state index in [9.17, 15) is 14.4 Å². The maximum absolute atomic E-state index is 12.9. The van der Waals surface area contributed by atoms with E-state index in [1.54, 1.807) is 0 Å². The molecule has 0 fully saturated rings. The topological polar surface area (TPSA) is 78.9 Å². The van der Waals surface area contributed by atoms with Gasteiger partial charge in [-0.2, -0.15) is 0 Å². The van der Waals surface area contributed by atoms with Crippen molar-refractivity contribution in [2.45, 2.75) is 399 Å². The lowest BCUT2D eigenvalue weighted by Gasteiger charge is -2.18. The van der Waals surface area contributed by atoms with Gasteiger partial charge in [-0.3, -0.25) is 14.4 Å². The third kappa shape index (κ3) is 66.3. The van der Waals surface area contributed by atoms with Gasteiger partial charge >= 0.3 is 17.9 Å². The van der Waals surface area contributed by atoms with Gasteiger partial charge in [0, 0.05) is 19.3 Å². The molecule has 6 nitrogen and oxygen atoms in total. The largest absolute Gasteiger partial charge is 0.462 e. The molecule has 0 aliphatic heterocycles. The molecule has 0 saturated heterocycles. The molecule has 0 aromatic rings. The molecule has 0 aromatic carbocycles. The molecule has 0 bridgehead atoms. The third-order valence-electron chi connectivity index (χ3n) is 16.1. The zero-order valence-corrected chi connectivity index (χ0v) is 53.4. The van der Waals surface area contributed by atoms with Crippen molar-refractivity contribution in [1.82, 2.24) is 0 Å². The van der Waals surface area contributed by atoms with E-state index in [-0.39, 0.29) is 31.1 Å². The quantitative estimate of drug-likeness (QED) is 0.0261. The summed E-state index contributed by atoms with van der Waals surface area (Å²) in [7, 11) is 0. The molecule has 0 rings (SSSR count). The highest BCUT2D eigenvalue weighted by molar-refractivity contribution is 5.71. The smallest absolute Gasteiger partial charge is 0.306 e. The fourth-order valence-electron chi connectivity index (χ4n) is 10.8. The minimum absolute atomic E-state index is 0.0699. The van der Waals surface area contributed by atoms with Crippen LogP contribution < -0.4 is 0 Å². The van der Waals surface area contributed by atoms with Gasteiger partial charge in [0.1, 0.15) is 13.2 Å².